The van der Waals surface area contributed by atoms with Crippen LogP contribution >= 0.6 is 0 Å². The van der Waals surface area contributed by atoms with Gasteiger partial charge in [-0.05, 0) is 0 Å². The summed E-state index contributed by atoms with van der Waals surface area (Å²) in [6.45, 7) is -1.08. The minimum Gasteiger partial charge on any atom is -0.480 e. The number of nitrogens with one attached hydrogen (secondary N) is 1. The van der Waals surface area contributed by atoms with Crippen LogP contribution < -0.4 is 10.5 Å². The lowest BCUT2D eigenvalue weighted by atomic mass is 10.4. The maximum atomic E-state index is 10.9. The van der Waals surface area contributed by atoms with Crippen LogP contribution in [0, 0.1) is 0 Å². The van der Waals surface area contributed by atoms with Gasteiger partial charge >= 0.3 is 11.9 Å². The molecule has 0 bridgehead atoms. The molecule has 0 unspecified atom stereocenters. The molecule has 8 heteroatoms. The summed E-state index contributed by atoms with van der Waals surface area (Å²) in [6.07, 6.45) is 1.08. The first-order valence-corrected chi connectivity index (χ1v) is 4.22. The molecule has 1 aromatic heterocycles. The van der Waals surface area contributed by atoms with Gasteiger partial charge in [0.15, 0.2) is 0 Å². The molecule has 0 aliphatic rings. The van der Waals surface area contributed by atoms with E-state index in [4.69, 9.17) is 10.2 Å². The summed E-state index contributed by atoms with van der Waals surface area (Å²) in [5.74, 6) is -2.40. The third kappa shape index (κ3) is 3.40. The monoisotopic (exact) mass is 227 g/mol. The molecule has 0 atom stereocenters. The number of hydrogen-bond acceptors (Lipinski definition) is 5. The van der Waals surface area contributed by atoms with E-state index in [0.717, 1.165) is 17.3 Å². The van der Waals surface area contributed by atoms with Crippen LogP contribution in [0.2, 0.25) is 0 Å². The summed E-state index contributed by atoms with van der Waals surface area (Å²) >= 11 is 0. The van der Waals surface area contributed by atoms with Crippen molar-refractivity contribution in [3.63, 3.8) is 0 Å². The molecule has 1 rings (SSSR count). The fourth-order valence-electron chi connectivity index (χ4n) is 1.08. The van der Waals surface area contributed by atoms with E-state index in [-0.39, 0.29) is 5.82 Å². The Bertz CT molecular complexity index is 439. The van der Waals surface area contributed by atoms with Gasteiger partial charge in [0.05, 0.1) is 6.33 Å². The Morgan fingerprint density at radius 3 is 2.31 bits per heavy atom. The molecule has 0 radical (unpaired) electrons. The highest BCUT2D eigenvalue weighted by Gasteiger charge is 2.15. The van der Waals surface area contributed by atoms with E-state index < -0.39 is 30.6 Å². The molecule has 0 saturated carbocycles. The van der Waals surface area contributed by atoms with Crippen molar-refractivity contribution in [3.05, 3.63) is 22.7 Å². The number of carbonyl (C=O) groups is 2. The molecule has 0 fully saturated rings. The van der Waals surface area contributed by atoms with E-state index in [1.54, 1.807) is 0 Å². The van der Waals surface area contributed by atoms with Crippen molar-refractivity contribution in [1.29, 1.82) is 0 Å². The highest BCUT2D eigenvalue weighted by atomic mass is 16.4. The third-order valence-corrected chi connectivity index (χ3v) is 1.64. The second-order valence-electron chi connectivity index (χ2n) is 2.91. The first kappa shape index (κ1) is 11.7. The molecule has 1 aromatic rings. The molecule has 0 spiro atoms. The molecule has 16 heavy (non-hydrogen) atoms. The number of hydrogen-bond donors (Lipinski definition) is 3. The molecule has 8 nitrogen and oxygen atoms in total. The zero-order chi connectivity index (χ0) is 12.1. The second kappa shape index (κ2) is 4.91. The van der Waals surface area contributed by atoms with Gasteiger partial charge in [-0.15, -0.1) is 0 Å². The zero-order valence-corrected chi connectivity index (χ0v) is 8.08. The summed E-state index contributed by atoms with van der Waals surface area (Å²) in [5.41, 5.74) is -0.481. The number of nitrogens with zero attached hydrogens (tertiary/aromatic N) is 2. The van der Waals surface area contributed by atoms with Crippen LogP contribution in [-0.2, 0) is 9.59 Å². The Morgan fingerprint density at radius 2 is 1.88 bits per heavy atom. The van der Waals surface area contributed by atoms with Crippen LogP contribution in [-0.4, -0.2) is 45.2 Å². The summed E-state index contributed by atoms with van der Waals surface area (Å²) in [5, 5.41) is 17.2. The largest absolute Gasteiger partial charge is 0.480 e. The van der Waals surface area contributed by atoms with Crippen molar-refractivity contribution in [2.45, 2.75) is 0 Å². The van der Waals surface area contributed by atoms with Crippen LogP contribution in [0.25, 0.3) is 0 Å². The lowest BCUT2D eigenvalue weighted by molar-refractivity contribution is -0.136. The van der Waals surface area contributed by atoms with Crippen LogP contribution in [0.4, 0.5) is 5.82 Å². The number of carboxylic acids is 2. The molecule has 86 valence electrons. The Kier molecular flexibility index (Phi) is 3.59. The van der Waals surface area contributed by atoms with Crippen molar-refractivity contribution >= 4 is 17.8 Å². The van der Waals surface area contributed by atoms with Crippen LogP contribution in [0.15, 0.2) is 17.2 Å². The molecule has 1 heterocycles. The van der Waals surface area contributed by atoms with Crippen molar-refractivity contribution in [1.82, 2.24) is 9.97 Å². The van der Waals surface area contributed by atoms with Gasteiger partial charge in [-0.3, -0.25) is 14.4 Å². The highest BCUT2D eigenvalue weighted by Crippen LogP contribution is 2.05. The van der Waals surface area contributed by atoms with Crippen molar-refractivity contribution in [2.24, 2.45) is 0 Å². The van der Waals surface area contributed by atoms with E-state index in [1.165, 1.54) is 0 Å². The average Bonchev–Trinajstić information content (AvgIpc) is 2.15. The Balaban J connectivity index is 2.95. The van der Waals surface area contributed by atoms with E-state index in [0.29, 0.717) is 0 Å². The summed E-state index contributed by atoms with van der Waals surface area (Å²) < 4.78 is 0. The number of anilines is 1. The molecule has 0 saturated heterocycles. The second-order valence-corrected chi connectivity index (χ2v) is 2.91. The topological polar surface area (TPSA) is 124 Å². The van der Waals surface area contributed by atoms with E-state index >= 15 is 0 Å². The van der Waals surface area contributed by atoms with Gasteiger partial charge in [0.2, 0.25) is 0 Å². The predicted octanol–water partition coefficient (Wildman–Crippen LogP) is -1.25. The van der Waals surface area contributed by atoms with Gasteiger partial charge in [-0.25, -0.2) is 4.98 Å². The molecular weight excluding hydrogens is 218 g/mol. The minimum atomic E-state index is -1.21. The summed E-state index contributed by atoms with van der Waals surface area (Å²) in [7, 11) is 0. The maximum Gasteiger partial charge on any atom is 0.323 e. The molecule has 0 aliphatic carbocycles. The summed E-state index contributed by atoms with van der Waals surface area (Å²) in [4.78, 5) is 38.9. The van der Waals surface area contributed by atoms with Crippen LogP contribution in [0.1, 0.15) is 0 Å². The Hall–Kier alpha value is -2.38. The first-order valence-electron chi connectivity index (χ1n) is 4.22. The van der Waals surface area contributed by atoms with Crippen molar-refractivity contribution < 1.29 is 19.8 Å². The normalized spacial score (nSPS) is 9.75. The fourth-order valence-corrected chi connectivity index (χ4v) is 1.08. The van der Waals surface area contributed by atoms with Gasteiger partial charge in [-0.2, -0.15) is 0 Å². The minimum absolute atomic E-state index is 0.00792. The van der Waals surface area contributed by atoms with E-state index in [1.807, 2.05) is 0 Å². The standard InChI is InChI=1S/C8H9N3O5/c12-6-1-5(9-4-10-6)11(2-7(13)14)3-8(15)16/h1,4H,2-3H2,(H,13,14)(H,15,16)(H,9,10,12). The molecule has 0 aromatic carbocycles. The number of aromatic nitrogens is 2. The van der Waals surface area contributed by atoms with Gasteiger partial charge in [0.25, 0.3) is 5.56 Å². The van der Waals surface area contributed by atoms with Gasteiger partial charge in [0, 0.05) is 6.07 Å². The number of H-pyrrole nitrogens is 1. The third-order valence-electron chi connectivity index (χ3n) is 1.64. The first-order chi connectivity index (χ1) is 7.49. The highest BCUT2D eigenvalue weighted by molar-refractivity contribution is 5.78. The quantitative estimate of drug-likeness (QED) is 0.573. The van der Waals surface area contributed by atoms with Crippen LogP contribution in [0.3, 0.4) is 0 Å². The lowest BCUT2D eigenvalue weighted by Gasteiger charge is -2.18. The average molecular weight is 227 g/mol. The Morgan fingerprint density at radius 1 is 1.31 bits per heavy atom. The number of carboxylic acid groups (broad SMARTS) is 2. The van der Waals surface area contributed by atoms with Gasteiger partial charge < -0.3 is 20.1 Å². The predicted molar refractivity (Wildman–Crippen MR) is 52.3 cm³/mol. The molecular formula is C8H9N3O5. The van der Waals surface area contributed by atoms with Crippen LogP contribution in [0.5, 0.6) is 0 Å². The van der Waals surface area contributed by atoms with E-state index in [9.17, 15) is 14.4 Å². The Labute approximate surface area is 89.2 Å². The molecule has 0 aliphatic heterocycles. The number of rotatable bonds is 5. The lowest BCUT2D eigenvalue weighted by Crippen LogP contribution is -2.35. The summed E-state index contributed by atoms with van der Waals surface area (Å²) in [6, 6.07) is 1.03. The SMILES string of the molecule is O=C(O)CN(CC(=O)O)c1cc(=O)[nH]cn1. The number of aromatic amines is 1. The van der Waals surface area contributed by atoms with Gasteiger partial charge in [-0.1, -0.05) is 0 Å². The van der Waals surface area contributed by atoms with E-state index in [2.05, 4.69) is 9.97 Å². The smallest absolute Gasteiger partial charge is 0.323 e. The molecule has 0 amide bonds. The van der Waals surface area contributed by atoms with Crippen molar-refractivity contribution in [3.8, 4) is 0 Å². The fraction of sp³-hybridized carbons (Fsp3) is 0.250. The molecule has 3 N–H and O–H groups in total. The maximum absolute atomic E-state index is 10.9. The van der Waals surface area contributed by atoms with Crippen molar-refractivity contribution in [2.75, 3.05) is 18.0 Å². The number of aliphatic carboxylic acids is 2. The van der Waals surface area contributed by atoms with Gasteiger partial charge in [0.1, 0.15) is 18.9 Å². The zero-order valence-electron chi connectivity index (χ0n) is 8.08.